The lowest BCUT2D eigenvalue weighted by atomic mass is 10.1. The Balaban J connectivity index is 2.02. The molecule has 0 radical (unpaired) electrons. The molecule has 19 heavy (non-hydrogen) atoms. The van der Waals surface area contributed by atoms with Crippen molar-refractivity contribution in [3.63, 3.8) is 0 Å². The van der Waals surface area contributed by atoms with Crippen molar-refractivity contribution in [2.75, 3.05) is 11.9 Å². The molecule has 0 aliphatic carbocycles. The van der Waals surface area contributed by atoms with E-state index in [0.29, 0.717) is 6.61 Å². The Bertz CT molecular complexity index is 526. The zero-order valence-corrected chi connectivity index (χ0v) is 11.5. The molecule has 1 N–H and O–H groups in total. The number of pyridine rings is 1. The van der Waals surface area contributed by atoms with E-state index in [0.717, 1.165) is 24.5 Å². The van der Waals surface area contributed by atoms with Crippen molar-refractivity contribution in [3.05, 3.63) is 59.4 Å². The third kappa shape index (κ3) is 4.07. The molecule has 1 aromatic heterocycles. The van der Waals surface area contributed by atoms with E-state index in [1.807, 2.05) is 32.2 Å². The topological polar surface area (TPSA) is 34.1 Å². The summed E-state index contributed by atoms with van der Waals surface area (Å²) < 4.78 is 5.49. The summed E-state index contributed by atoms with van der Waals surface area (Å²) in [6.07, 6.45) is 1.82. The van der Waals surface area contributed by atoms with Crippen LogP contribution in [0.1, 0.15) is 23.7 Å². The molecule has 0 bridgehead atoms. The van der Waals surface area contributed by atoms with Gasteiger partial charge in [0, 0.05) is 30.7 Å². The molecule has 100 valence electrons. The van der Waals surface area contributed by atoms with Gasteiger partial charge in [-0.2, -0.15) is 0 Å². The first kappa shape index (κ1) is 13.6. The van der Waals surface area contributed by atoms with Crippen molar-refractivity contribution in [1.29, 1.82) is 0 Å². The molecule has 0 unspecified atom stereocenters. The van der Waals surface area contributed by atoms with Gasteiger partial charge in [0.15, 0.2) is 0 Å². The van der Waals surface area contributed by atoms with E-state index in [2.05, 4.69) is 34.6 Å². The van der Waals surface area contributed by atoms with E-state index in [9.17, 15) is 0 Å². The highest BCUT2D eigenvalue weighted by atomic mass is 16.5. The summed E-state index contributed by atoms with van der Waals surface area (Å²) in [5.41, 5.74) is 4.62. The normalized spacial score (nSPS) is 10.4. The van der Waals surface area contributed by atoms with Gasteiger partial charge in [-0.15, -0.1) is 0 Å². The van der Waals surface area contributed by atoms with Crippen LogP contribution in [0.15, 0.2) is 42.6 Å². The third-order valence-electron chi connectivity index (χ3n) is 2.96. The van der Waals surface area contributed by atoms with Gasteiger partial charge < -0.3 is 10.1 Å². The van der Waals surface area contributed by atoms with E-state index < -0.39 is 0 Å². The highest BCUT2D eigenvalue weighted by molar-refractivity contribution is 5.44. The second kappa shape index (κ2) is 6.90. The predicted octanol–water partition coefficient (Wildman–Crippen LogP) is 3.54. The Morgan fingerprint density at radius 1 is 1.16 bits per heavy atom. The van der Waals surface area contributed by atoms with Gasteiger partial charge in [-0.25, -0.2) is 0 Å². The summed E-state index contributed by atoms with van der Waals surface area (Å²) in [5, 5.41) is 3.42. The van der Waals surface area contributed by atoms with Crippen molar-refractivity contribution in [1.82, 2.24) is 4.98 Å². The van der Waals surface area contributed by atoms with E-state index in [1.54, 1.807) is 0 Å². The number of nitrogens with zero attached hydrogens (tertiary/aromatic N) is 1. The first-order valence-electron chi connectivity index (χ1n) is 6.60. The van der Waals surface area contributed by atoms with E-state index in [-0.39, 0.29) is 0 Å². The van der Waals surface area contributed by atoms with Crippen LogP contribution in [0.25, 0.3) is 0 Å². The van der Waals surface area contributed by atoms with Gasteiger partial charge in [0.25, 0.3) is 0 Å². The number of nitrogens with one attached hydrogen (secondary N) is 1. The third-order valence-corrected chi connectivity index (χ3v) is 2.96. The lowest BCUT2D eigenvalue weighted by molar-refractivity contribution is 0.133. The van der Waals surface area contributed by atoms with E-state index in [4.69, 9.17) is 4.74 Å². The minimum absolute atomic E-state index is 0.670. The summed E-state index contributed by atoms with van der Waals surface area (Å²) in [5.74, 6) is 0. The van der Waals surface area contributed by atoms with E-state index >= 15 is 0 Å². The quantitative estimate of drug-likeness (QED) is 0.858. The average Bonchev–Trinajstić information content (AvgIpc) is 2.44. The van der Waals surface area contributed by atoms with Crippen LogP contribution in [0.3, 0.4) is 0 Å². The number of anilines is 1. The molecule has 0 aliphatic heterocycles. The molecule has 1 aromatic carbocycles. The number of ether oxygens (including phenoxy) is 1. The molecule has 0 amide bonds. The molecule has 2 aromatic rings. The van der Waals surface area contributed by atoms with Crippen LogP contribution in [-0.4, -0.2) is 11.6 Å². The van der Waals surface area contributed by atoms with Crippen molar-refractivity contribution in [2.24, 2.45) is 0 Å². The Labute approximate surface area is 114 Å². The van der Waals surface area contributed by atoms with Crippen LogP contribution in [0.5, 0.6) is 0 Å². The Morgan fingerprint density at radius 3 is 2.68 bits per heavy atom. The number of hydrogen-bond acceptors (Lipinski definition) is 3. The largest absolute Gasteiger partial charge is 0.381 e. The fourth-order valence-corrected chi connectivity index (χ4v) is 1.94. The monoisotopic (exact) mass is 256 g/mol. The van der Waals surface area contributed by atoms with Gasteiger partial charge in [0.1, 0.15) is 0 Å². The van der Waals surface area contributed by atoms with Gasteiger partial charge in [-0.1, -0.05) is 24.3 Å². The number of aromatic nitrogens is 1. The number of hydrogen-bond donors (Lipinski definition) is 1. The summed E-state index contributed by atoms with van der Waals surface area (Å²) in [6, 6.07) is 12.4. The van der Waals surface area contributed by atoms with Crippen LogP contribution in [-0.2, 0) is 17.9 Å². The van der Waals surface area contributed by atoms with Gasteiger partial charge in [-0.05, 0) is 37.1 Å². The van der Waals surface area contributed by atoms with Crippen molar-refractivity contribution < 1.29 is 4.74 Å². The molecule has 1 heterocycles. The zero-order valence-electron chi connectivity index (χ0n) is 11.5. The van der Waals surface area contributed by atoms with Crippen LogP contribution < -0.4 is 5.32 Å². The molecule has 0 saturated heterocycles. The first-order valence-corrected chi connectivity index (χ1v) is 6.60. The summed E-state index contributed by atoms with van der Waals surface area (Å²) in [4.78, 5) is 4.19. The van der Waals surface area contributed by atoms with Crippen LogP contribution in [0, 0.1) is 6.92 Å². The van der Waals surface area contributed by atoms with Crippen molar-refractivity contribution >= 4 is 5.69 Å². The summed E-state index contributed by atoms with van der Waals surface area (Å²) in [6.45, 7) is 6.22. The maximum atomic E-state index is 5.49. The van der Waals surface area contributed by atoms with Gasteiger partial charge >= 0.3 is 0 Å². The SMILES string of the molecule is CCOCc1ccccc1CNc1ccnc(C)c1. The number of benzene rings is 1. The highest BCUT2D eigenvalue weighted by Gasteiger charge is 2.02. The molecule has 0 spiro atoms. The summed E-state index contributed by atoms with van der Waals surface area (Å²) in [7, 11) is 0. The second-order valence-corrected chi connectivity index (χ2v) is 4.45. The van der Waals surface area contributed by atoms with Gasteiger partial charge in [0.2, 0.25) is 0 Å². The lowest BCUT2D eigenvalue weighted by Gasteiger charge is -2.11. The van der Waals surface area contributed by atoms with Crippen LogP contribution in [0.2, 0.25) is 0 Å². The first-order chi connectivity index (χ1) is 9.29. The van der Waals surface area contributed by atoms with Gasteiger partial charge in [0.05, 0.1) is 6.61 Å². The molecule has 3 heteroatoms. The maximum absolute atomic E-state index is 5.49. The number of aryl methyl sites for hydroxylation is 1. The highest BCUT2D eigenvalue weighted by Crippen LogP contribution is 2.14. The fourth-order valence-electron chi connectivity index (χ4n) is 1.94. The molecule has 0 atom stereocenters. The second-order valence-electron chi connectivity index (χ2n) is 4.45. The van der Waals surface area contributed by atoms with Crippen LogP contribution >= 0.6 is 0 Å². The van der Waals surface area contributed by atoms with Crippen molar-refractivity contribution in [2.45, 2.75) is 27.0 Å². The van der Waals surface area contributed by atoms with E-state index in [1.165, 1.54) is 11.1 Å². The van der Waals surface area contributed by atoms with Crippen LogP contribution in [0.4, 0.5) is 5.69 Å². The fraction of sp³-hybridized carbons (Fsp3) is 0.312. The summed E-state index contributed by atoms with van der Waals surface area (Å²) >= 11 is 0. The average molecular weight is 256 g/mol. The zero-order chi connectivity index (χ0) is 13.5. The Morgan fingerprint density at radius 2 is 1.95 bits per heavy atom. The van der Waals surface area contributed by atoms with Gasteiger partial charge in [-0.3, -0.25) is 4.98 Å². The number of rotatable bonds is 6. The minimum atomic E-state index is 0.670. The molecule has 3 nitrogen and oxygen atoms in total. The Kier molecular flexibility index (Phi) is 4.93. The van der Waals surface area contributed by atoms with Crippen molar-refractivity contribution in [3.8, 4) is 0 Å². The smallest absolute Gasteiger partial charge is 0.0720 e. The molecular formula is C16H20N2O. The predicted molar refractivity (Wildman–Crippen MR) is 78.1 cm³/mol. The molecule has 0 saturated carbocycles. The molecule has 0 fully saturated rings. The lowest BCUT2D eigenvalue weighted by Crippen LogP contribution is -2.04. The maximum Gasteiger partial charge on any atom is 0.0720 e. The molecule has 2 rings (SSSR count). The molecular weight excluding hydrogens is 236 g/mol. The molecule has 0 aliphatic rings. The minimum Gasteiger partial charge on any atom is -0.381 e. The standard InChI is InChI=1S/C16H20N2O/c1-3-19-12-15-7-5-4-6-14(15)11-18-16-8-9-17-13(2)10-16/h4-10H,3,11-12H2,1-2H3,(H,17,18). The Hall–Kier alpha value is -1.87.